The van der Waals surface area contributed by atoms with E-state index in [0.29, 0.717) is 28.7 Å². The number of nitrogens with one attached hydrogen (secondary N) is 1. The standard InChI is InChI=1S/C14H15N3O2/c1-9-13(18)6-4-10(15-9)11-5-7-14(19)12(16-11)8-17(2)3/h4-7,15H,1,8H2,2-3H3/b11-10-. The summed E-state index contributed by atoms with van der Waals surface area (Å²) in [5, 5.41) is 0.976. The molecule has 5 nitrogen and oxygen atoms in total. The molecule has 0 fully saturated rings. The third-order valence-corrected chi connectivity index (χ3v) is 2.66. The number of hydrogen-bond donors (Lipinski definition) is 1. The Balaban J connectivity index is 2.56. The van der Waals surface area contributed by atoms with E-state index in [-0.39, 0.29) is 11.2 Å². The predicted molar refractivity (Wildman–Crippen MR) is 75.4 cm³/mol. The van der Waals surface area contributed by atoms with E-state index in [9.17, 15) is 9.59 Å². The Bertz CT molecular complexity index is 739. The van der Waals surface area contributed by atoms with Crippen LogP contribution in [0.4, 0.5) is 0 Å². The number of ketones is 1. The maximum atomic E-state index is 11.7. The summed E-state index contributed by atoms with van der Waals surface area (Å²) >= 11 is 0. The highest BCUT2D eigenvalue weighted by molar-refractivity contribution is 6.46. The lowest BCUT2D eigenvalue weighted by Crippen LogP contribution is -2.33. The van der Waals surface area contributed by atoms with Crippen LogP contribution in [0.1, 0.15) is 0 Å². The van der Waals surface area contributed by atoms with Crippen LogP contribution in [0.2, 0.25) is 0 Å². The van der Waals surface area contributed by atoms with Gasteiger partial charge in [-0.25, -0.2) is 4.99 Å². The largest absolute Gasteiger partial charge is 0.351 e. The highest BCUT2D eigenvalue weighted by atomic mass is 16.1. The van der Waals surface area contributed by atoms with Crippen LogP contribution in [0.25, 0.3) is 12.3 Å². The molecule has 0 amide bonds. The number of aromatic nitrogens is 1. The third-order valence-electron chi connectivity index (χ3n) is 2.66. The fourth-order valence-electron chi connectivity index (χ4n) is 1.73. The van der Waals surface area contributed by atoms with Crippen molar-refractivity contribution in [3.63, 3.8) is 0 Å². The van der Waals surface area contributed by atoms with Crippen molar-refractivity contribution in [2.75, 3.05) is 20.6 Å². The van der Waals surface area contributed by atoms with Crippen LogP contribution in [-0.4, -0.2) is 42.0 Å². The summed E-state index contributed by atoms with van der Waals surface area (Å²) in [6.07, 6.45) is 3.13. The van der Waals surface area contributed by atoms with Gasteiger partial charge >= 0.3 is 0 Å². The Hall–Kier alpha value is -2.27. The Kier molecular flexibility index (Phi) is 3.57. The van der Waals surface area contributed by atoms with Crippen molar-refractivity contribution in [3.8, 4) is 0 Å². The molecule has 1 aliphatic rings. The Morgan fingerprint density at radius 1 is 1.26 bits per heavy atom. The second kappa shape index (κ2) is 5.16. The van der Waals surface area contributed by atoms with Crippen molar-refractivity contribution in [3.05, 3.63) is 45.2 Å². The van der Waals surface area contributed by atoms with Gasteiger partial charge in [0.15, 0.2) is 0 Å². The zero-order valence-corrected chi connectivity index (χ0v) is 10.9. The van der Waals surface area contributed by atoms with E-state index in [4.69, 9.17) is 0 Å². The first kappa shape index (κ1) is 13.2. The third kappa shape index (κ3) is 2.95. The number of aromatic amines is 1. The van der Waals surface area contributed by atoms with Gasteiger partial charge in [-0.3, -0.25) is 9.59 Å². The number of rotatable bonds is 2. The van der Waals surface area contributed by atoms with Gasteiger partial charge in [0.25, 0.3) is 0 Å². The maximum Gasteiger partial charge on any atom is 0.201 e. The highest BCUT2D eigenvalue weighted by Crippen LogP contribution is 2.06. The first-order valence-electron chi connectivity index (χ1n) is 5.84. The number of H-pyrrole nitrogens is 1. The molecule has 1 aliphatic heterocycles. The molecular weight excluding hydrogens is 242 g/mol. The lowest BCUT2D eigenvalue weighted by Gasteiger charge is -2.13. The van der Waals surface area contributed by atoms with Gasteiger partial charge in [0, 0.05) is 6.54 Å². The Morgan fingerprint density at radius 3 is 2.63 bits per heavy atom. The topological polar surface area (TPSA) is 65.5 Å². The summed E-state index contributed by atoms with van der Waals surface area (Å²) in [5.74, 6) is -0.0901. The number of pyridine rings is 1. The second-order valence-electron chi connectivity index (χ2n) is 4.59. The van der Waals surface area contributed by atoms with E-state index in [1.54, 1.807) is 12.1 Å². The summed E-state index contributed by atoms with van der Waals surface area (Å²) in [5.41, 5.74) is 0.951. The van der Waals surface area contributed by atoms with Crippen molar-refractivity contribution < 1.29 is 4.79 Å². The minimum Gasteiger partial charge on any atom is -0.351 e. The van der Waals surface area contributed by atoms with Crippen molar-refractivity contribution >= 4 is 23.8 Å². The first-order chi connectivity index (χ1) is 8.97. The van der Waals surface area contributed by atoms with Gasteiger partial charge in [0.1, 0.15) is 5.71 Å². The molecule has 0 spiro atoms. The number of hydrogen-bond acceptors (Lipinski definition) is 4. The number of dihydropyridines is 1. The van der Waals surface area contributed by atoms with Crippen molar-refractivity contribution in [1.82, 2.24) is 9.88 Å². The van der Waals surface area contributed by atoms with Gasteiger partial charge in [0.05, 0.1) is 16.4 Å². The van der Waals surface area contributed by atoms with Crippen molar-refractivity contribution in [2.24, 2.45) is 4.99 Å². The average Bonchev–Trinajstić information content (AvgIpc) is 2.35. The molecule has 1 aromatic heterocycles. The van der Waals surface area contributed by atoms with E-state index >= 15 is 0 Å². The number of aliphatic imine (C=N–C) groups is 1. The fraction of sp³-hybridized carbons (Fsp3) is 0.214. The van der Waals surface area contributed by atoms with Crippen molar-refractivity contribution in [1.29, 1.82) is 0 Å². The van der Waals surface area contributed by atoms with E-state index < -0.39 is 0 Å². The zero-order chi connectivity index (χ0) is 14.0. The van der Waals surface area contributed by atoms with Crippen LogP contribution in [0, 0.1) is 0 Å². The molecule has 0 aliphatic carbocycles. The predicted octanol–water partition coefficient (Wildman–Crippen LogP) is -0.965. The summed E-state index contributed by atoms with van der Waals surface area (Å²) in [4.78, 5) is 32.1. The molecule has 0 saturated carbocycles. The van der Waals surface area contributed by atoms with E-state index in [1.807, 2.05) is 19.0 Å². The van der Waals surface area contributed by atoms with E-state index in [1.165, 1.54) is 12.1 Å². The zero-order valence-electron chi connectivity index (χ0n) is 10.9. The summed E-state index contributed by atoms with van der Waals surface area (Å²) in [6.45, 7) is 4.10. The van der Waals surface area contributed by atoms with Crippen LogP contribution < -0.4 is 16.1 Å². The van der Waals surface area contributed by atoms with Crippen LogP contribution in [-0.2, 0) is 4.79 Å². The summed E-state index contributed by atoms with van der Waals surface area (Å²) in [6, 6.07) is 3.08. The number of allylic oxidation sites excluding steroid dienone is 1. The van der Waals surface area contributed by atoms with Gasteiger partial charge in [-0.2, -0.15) is 0 Å². The smallest absolute Gasteiger partial charge is 0.201 e. The minimum absolute atomic E-state index is 0.0901. The molecule has 1 aromatic rings. The number of carbonyl (C=O) groups excluding carboxylic acids is 1. The van der Waals surface area contributed by atoms with Crippen LogP contribution >= 0.6 is 0 Å². The molecule has 98 valence electrons. The molecule has 1 N–H and O–H groups in total. The molecule has 2 heterocycles. The molecule has 2 rings (SSSR count). The summed E-state index contributed by atoms with van der Waals surface area (Å²) < 4.78 is 0. The Morgan fingerprint density at radius 2 is 2.00 bits per heavy atom. The molecule has 0 saturated heterocycles. The normalized spacial score (nSPS) is 17.8. The molecule has 0 bridgehead atoms. The summed E-state index contributed by atoms with van der Waals surface area (Å²) in [7, 11) is 3.75. The van der Waals surface area contributed by atoms with Gasteiger partial charge in [0.2, 0.25) is 11.2 Å². The van der Waals surface area contributed by atoms with E-state index in [0.717, 1.165) is 0 Å². The SMILES string of the molecule is C=c1[nH]/c(=C2/C=CC(=O)C(CN(C)C)=N2)ccc1=O. The molecular formula is C14H15N3O2. The molecule has 5 heteroatoms. The Labute approximate surface area is 110 Å². The first-order valence-corrected chi connectivity index (χ1v) is 5.84. The molecule has 0 unspecified atom stereocenters. The lowest BCUT2D eigenvalue weighted by atomic mass is 10.1. The number of carbonyl (C=O) groups is 1. The lowest BCUT2D eigenvalue weighted by molar-refractivity contribution is -0.109. The van der Waals surface area contributed by atoms with Crippen LogP contribution in [0.5, 0.6) is 0 Å². The minimum atomic E-state index is -0.155. The molecule has 0 radical (unpaired) electrons. The molecule has 0 aromatic carbocycles. The van der Waals surface area contributed by atoms with Gasteiger partial charge in [-0.15, -0.1) is 0 Å². The van der Waals surface area contributed by atoms with Crippen LogP contribution in [0.15, 0.2) is 34.1 Å². The quantitative estimate of drug-likeness (QED) is 0.742. The molecule has 19 heavy (non-hydrogen) atoms. The second-order valence-corrected chi connectivity index (χ2v) is 4.59. The average molecular weight is 257 g/mol. The fourth-order valence-corrected chi connectivity index (χ4v) is 1.73. The monoisotopic (exact) mass is 257 g/mol. The van der Waals surface area contributed by atoms with Gasteiger partial charge in [-0.05, 0) is 38.4 Å². The molecule has 0 atom stereocenters. The van der Waals surface area contributed by atoms with Crippen LogP contribution in [0.3, 0.4) is 0 Å². The maximum absolute atomic E-state index is 11.7. The van der Waals surface area contributed by atoms with Gasteiger partial charge < -0.3 is 9.88 Å². The highest BCUT2D eigenvalue weighted by Gasteiger charge is 2.14. The van der Waals surface area contributed by atoms with E-state index in [2.05, 4.69) is 16.6 Å². The van der Waals surface area contributed by atoms with Crippen molar-refractivity contribution in [2.45, 2.75) is 0 Å². The number of nitrogens with zero attached hydrogens (tertiary/aromatic N) is 2. The van der Waals surface area contributed by atoms with Gasteiger partial charge in [-0.1, -0.05) is 6.58 Å².